The number of thioether (sulfide) groups is 1. The van der Waals surface area contributed by atoms with Crippen LogP contribution in [0.4, 0.5) is 9.18 Å². The second-order valence-electron chi connectivity index (χ2n) is 9.55. The number of morpholine rings is 1. The lowest BCUT2D eigenvalue weighted by atomic mass is 10.0. The summed E-state index contributed by atoms with van der Waals surface area (Å²) in [6.45, 7) is 3.84. The van der Waals surface area contributed by atoms with E-state index < -0.39 is 18.4 Å². The topological polar surface area (TPSA) is 108 Å². The molecule has 216 valence electrons. The summed E-state index contributed by atoms with van der Waals surface area (Å²) < 4.78 is 34.6. The van der Waals surface area contributed by atoms with E-state index in [1.165, 1.54) is 33.0 Å². The van der Waals surface area contributed by atoms with Gasteiger partial charge in [0.1, 0.15) is 12.0 Å². The summed E-state index contributed by atoms with van der Waals surface area (Å²) in [6, 6.07) is 14.6. The number of ether oxygens (including phenoxy) is 4. The Morgan fingerprint density at radius 1 is 1.10 bits per heavy atom. The van der Waals surface area contributed by atoms with Gasteiger partial charge in [0, 0.05) is 22.9 Å². The Balaban J connectivity index is 0.000000181. The average Bonchev–Trinajstić information content (AvgIpc) is 3.14. The lowest BCUT2D eigenvalue weighted by molar-refractivity contribution is -0.0317. The van der Waals surface area contributed by atoms with Crippen molar-refractivity contribution in [1.82, 2.24) is 9.58 Å². The minimum Gasteiger partial charge on any atom is -0.451 e. The van der Waals surface area contributed by atoms with Gasteiger partial charge in [-0.1, -0.05) is 24.3 Å². The van der Waals surface area contributed by atoms with Crippen molar-refractivity contribution in [3.05, 3.63) is 93.2 Å². The molecule has 12 heteroatoms. The molecule has 1 N–H and O–H groups in total. The second kappa shape index (κ2) is 12.6. The van der Waals surface area contributed by atoms with E-state index in [0.29, 0.717) is 13.2 Å². The second-order valence-corrected chi connectivity index (χ2v) is 10.6. The van der Waals surface area contributed by atoms with Gasteiger partial charge < -0.3 is 29.3 Å². The number of hydrogen-bond acceptors (Lipinski definition) is 9. The Kier molecular flexibility index (Phi) is 8.79. The van der Waals surface area contributed by atoms with Crippen LogP contribution in [0.3, 0.4) is 0 Å². The lowest BCUT2D eigenvalue weighted by Crippen LogP contribution is -2.62. The quantitative estimate of drug-likeness (QED) is 0.358. The predicted molar refractivity (Wildman–Crippen MR) is 149 cm³/mol. The van der Waals surface area contributed by atoms with E-state index in [2.05, 4.69) is 34.4 Å². The van der Waals surface area contributed by atoms with E-state index >= 15 is 0 Å². The first-order valence-corrected chi connectivity index (χ1v) is 14.2. The largest absolute Gasteiger partial charge is 0.511 e. The van der Waals surface area contributed by atoms with Crippen LogP contribution in [-0.4, -0.2) is 60.5 Å². The minimum absolute atomic E-state index is 0.0463. The molecule has 10 nitrogen and oxygen atoms in total. The van der Waals surface area contributed by atoms with Crippen LogP contribution in [0.2, 0.25) is 0 Å². The molecule has 0 aliphatic carbocycles. The van der Waals surface area contributed by atoms with Crippen LogP contribution in [0.15, 0.2) is 64.4 Å². The number of aromatic nitrogens is 1. The number of halogens is 1. The maximum absolute atomic E-state index is 13.1. The Labute approximate surface area is 240 Å². The van der Waals surface area contributed by atoms with Crippen molar-refractivity contribution in [2.75, 3.05) is 32.0 Å². The third kappa shape index (κ3) is 6.33. The van der Waals surface area contributed by atoms with Gasteiger partial charge in [-0.05, 0) is 55.2 Å². The summed E-state index contributed by atoms with van der Waals surface area (Å²) >= 11 is 1.79. The summed E-state index contributed by atoms with van der Waals surface area (Å²) in [5.41, 5.74) is 6.37. The molecule has 1 saturated heterocycles. The normalized spacial score (nSPS) is 18.6. The van der Waals surface area contributed by atoms with E-state index in [0.717, 1.165) is 17.7 Å². The SMILES string of the molecule is CCOC(=O)OCOc1c2n(ccc1=O)NC1COCC(C)N1C2=O.Fc1ccc2c(c1)CSc1ccccc1C2. The third-order valence-corrected chi connectivity index (χ3v) is 7.94. The highest BCUT2D eigenvalue weighted by Crippen LogP contribution is 2.33. The molecule has 2 aromatic carbocycles. The van der Waals surface area contributed by atoms with E-state index in [9.17, 15) is 18.8 Å². The molecule has 3 aromatic rings. The zero-order chi connectivity index (χ0) is 28.9. The Morgan fingerprint density at radius 2 is 1.93 bits per heavy atom. The molecule has 1 amide bonds. The average molecular weight is 584 g/mol. The smallest absolute Gasteiger partial charge is 0.451 e. The summed E-state index contributed by atoms with van der Waals surface area (Å²) in [5.74, 6) is 0.180. The minimum atomic E-state index is -0.918. The van der Waals surface area contributed by atoms with Gasteiger partial charge in [0.25, 0.3) is 5.91 Å². The van der Waals surface area contributed by atoms with E-state index in [1.54, 1.807) is 35.7 Å². The van der Waals surface area contributed by atoms with Gasteiger partial charge in [-0.25, -0.2) is 9.18 Å². The third-order valence-electron chi connectivity index (χ3n) is 6.77. The van der Waals surface area contributed by atoms with Crippen LogP contribution in [-0.2, 0) is 26.4 Å². The highest BCUT2D eigenvalue weighted by Gasteiger charge is 2.40. The van der Waals surface area contributed by atoms with Crippen LogP contribution in [0.1, 0.15) is 41.0 Å². The maximum Gasteiger partial charge on any atom is 0.511 e. The maximum atomic E-state index is 13.1. The Bertz CT molecular complexity index is 1500. The van der Waals surface area contributed by atoms with Crippen LogP contribution >= 0.6 is 11.8 Å². The molecule has 1 fully saturated rings. The fraction of sp³-hybridized carbons (Fsp3) is 0.345. The molecule has 3 aliphatic heterocycles. The number of nitrogens with zero attached hydrogens (tertiary/aromatic N) is 2. The number of hydrogen-bond donors (Lipinski definition) is 1. The van der Waals surface area contributed by atoms with Crippen molar-refractivity contribution < 1.29 is 32.9 Å². The number of benzene rings is 2. The summed E-state index contributed by atoms with van der Waals surface area (Å²) in [5, 5.41) is 0. The standard InChI is InChI=1S/C15H19N3O7.C14H11FS/c1-3-23-15(21)25-8-24-13-10(19)4-5-17-12(13)14(20)18-9(2)6-22-7-11(18)16-17;15-13-6-5-10-7-11-3-1-2-4-14(11)16-9-12(10)8-13/h4-5,9,11,16H,3,6-8H2,1-2H3;1-6,8H,7,9H2. The van der Waals surface area contributed by atoms with Crippen molar-refractivity contribution in [2.45, 2.75) is 43.1 Å². The van der Waals surface area contributed by atoms with E-state index in [4.69, 9.17) is 14.2 Å². The van der Waals surface area contributed by atoms with Crippen LogP contribution in [0, 0.1) is 5.82 Å². The predicted octanol–water partition coefficient (Wildman–Crippen LogP) is 4.12. The Hall–Kier alpha value is -4.03. The van der Waals surface area contributed by atoms with Crippen molar-refractivity contribution in [2.24, 2.45) is 0 Å². The number of fused-ring (bicyclic) bond motifs is 4. The van der Waals surface area contributed by atoms with Gasteiger partial charge in [0.2, 0.25) is 18.0 Å². The highest BCUT2D eigenvalue weighted by atomic mass is 32.2. The van der Waals surface area contributed by atoms with Gasteiger partial charge in [-0.3, -0.25) is 14.3 Å². The van der Waals surface area contributed by atoms with Crippen molar-refractivity contribution >= 4 is 23.8 Å². The molecule has 1 aromatic heterocycles. The van der Waals surface area contributed by atoms with Crippen LogP contribution < -0.4 is 15.6 Å². The van der Waals surface area contributed by atoms with Crippen molar-refractivity contribution in [3.8, 4) is 5.75 Å². The van der Waals surface area contributed by atoms with E-state index in [-0.39, 0.29) is 42.0 Å². The van der Waals surface area contributed by atoms with E-state index in [1.807, 2.05) is 13.0 Å². The van der Waals surface area contributed by atoms with Crippen LogP contribution in [0.25, 0.3) is 0 Å². The number of nitrogens with one attached hydrogen (secondary N) is 1. The molecular formula is C29H30FN3O7S. The molecule has 0 saturated carbocycles. The highest BCUT2D eigenvalue weighted by molar-refractivity contribution is 7.98. The molecule has 4 heterocycles. The van der Waals surface area contributed by atoms with Gasteiger partial charge in [-0.2, -0.15) is 0 Å². The molecular weight excluding hydrogens is 553 g/mol. The molecule has 2 atom stereocenters. The Morgan fingerprint density at radius 3 is 2.76 bits per heavy atom. The first-order chi connectivity index (χ1) is 19.9. The number of carbonyl (C=O) groups excluding carboxylic acids is 2. The fourth-order valence-electron chi connectivity index (χ4n) is 4.86. The molecule has 0 spiro atoms. The number of carbonyl (C=O) groups is 2. The van der Waals surface area contributed by atoms with Gasteiger partial charge in [0.05, 0.1) is 25.9 Å². The van der Waals surface area contributed by atoms with Crippen LogP contribution in [0.5, 0.6) is 5.75 Å². The molecule has 3 aliphatic rings. The first-order valence-electron chi connectivity index (χ1n) is 13.2. The zero-order valence-electron chi connectivity index (χ0n) is 22.6. The molecule has 0 bridgehead atoms. The number of rotatable bonds is 4. The number of amides is 1. The van der Waals surface area contributed by atoms with Crippen molar-refractivity contribution in [3.63, 3.8) is 0 Å². The fourth-order valence-corrected chi connectivity index (χ4v) is 5.94. The van der Waals surface area contributed by atoms with Gasteiger partial charge in [-0.15, -0.1) is 11.8 Å². The summed E-state index contributed by atoms with van der Waals surface area (Å²) in [4.78, 5) is 39.2. The number of pyridine rings is 1. The molecule has 2 unspecified atom stereocenters. The molecule has 6 rings (SSSR count). The first kappa shape index (κ1) is 28.5. The lowest BCUT2D eigenvalue weighted by Gasteiger charge is -2.44. The van der Waals surface area contributed by atoms with Gasteiger partial charge >= 0.3 is 6.16 Å². The zero-order valence-corrected chi connectivity index (χ0v) is 23.4. The van der Waals surface area contributed by atoms with Gasteiger partial charge in [0.15, 0.2) is 5.69 Å². The van der Waals surface area contributed by atoms with Crippen molar-refractivity contribution in [1.29, 1.82) is 0 Å². The molecule has 41 heavy (non-hydrogen) atoms. The monoisotopic (exact) mass is 583 g/mol. The molecule has 0 radical (unpaired) electrons. The summed E-state index contributed by atoms with van der Waals surface area (Å²) in [7, 11) is 0. The summed E-state index contributed by atoms with van der Waals surface area (Å²) in [6.07, 6.45) is 1.11.